The van der Waals surface area contributed by atoms with Gasteiger partial charge < -0.3 is 5.11 Å². The normalized spacial score (nSPS) is 19.1. The molecule has 0 bridgehead atoms. The predicted octanol–water partition coefficient (Wildman–Crippen LogP) is 3.69. The van der Waals surface area contributed by atoms with Crippen LogP contribution in [0, 0.1) is 12.7 Å². The zero-order valence-corrected chi connectivity index (χ0v) is 13.5. The van der Waals surface area contributed by atoms with Crippen molar-refractivity contribution in [2.75, 3.05) is 13.1 Å². The summed E-state index contributed by atoms with van der Waals surface area (Å²) in [5, 5.41) is 10.9. The van der Waals surface area contributed by atoms with Gasteiger partial charge in [0, 0.05) is 12.0 Å². The molecule has 0 saturated heterocycles. The summed E-state index contributed by atoms with van der Waals surface area (Å²) in [5.74, 6) is -0.217. The predicted molar refractivity (Wildman–Crippen MR) is 85.0 cm³/mol. The highest BCUT2D eigenvalue weighted by Crippen LogP contribution is 2.39. The molecule has 1 aliphatic rings. The van der Waals surface area contributed by atoms with Crippen LogP contribution in [0.1, 0.15) is 50.7 Å². The Labute approximate surface area is 128 Å². The van der Waals surface area contributed by atoms with Crippen molar-refractivity contribution in [3.63, 3.8) is 0 Å². The number of rotatable bonds is 6. The molecular formula is C18H28FNO. The molecule has 21 heavy (non-hydrogen) atoms. The number of likely N-dealkylation sites (N-methyl/N-ethyl adjacent to an activating group) is 1. The SMILES string of the molecule is CCN(CC)C1(C(O)Cc2cc(F)ccc2C)CCCC1. The quantitative estimate of drug-likeness (QED) is 0.864. The van der Waals surface area contributed by atoms with Crippen molar-refractivity contribution in [3.05, 3.63) is 35.1 Å². The Morgan fingerprint density at radius 3 is 2.43 bits per heavy atom. The zero-order chi connectivity index (χ0) is 15.5. The van der Waals surface area contributed by atoms with E-state index in [2.05, 4.69) is 18.7 Å². The Hall–Kier alpha value is -0.930. The van der Waals surface area contributed by atoms with Gasteiger partial charge in [-0.25, -0.2) is 4.39 Å². The van der Waals surface area contributed by atoms with E-state index in [-0.39, 0.29) is 11.4 Å². The second-order valence-electron chi connectivity index (χ2n) is 6.27. The van der Waals surface area contributed by atoms with Crippen LogP contribution >= 0.6 is 0 Å². The van der Waals surface area contributed by atoms with Crippen LogP contribution in [-0.2, 0) is 6.42 Å². The van der Waals surface area contributed by atoms with Crippen LogP contribution in [0.3, 0.4) is 0 Å². The Morgan fingerprint density at radius 1 is 1.24 bits per heavy atom. The summed E-state index contributed by atoms with van der Waals surface area (Å²) < 4.78 is 13.5. The van der Waals surface area contributed by atoms with E-state index in [9.17, 15) is 9.50 Å². The number of nitrogens with zero attached hydrogens (tertiary/aromatic N) is 1. The Bertz CT molecular complexity index is 464. The smallest absolute Gasteiger partial charge is 0.123 e. The summed E-state index contributed by atoms with van der Waals surface area (Å²) in [6.07, 6.45) is 4.56. The second kappa shape index (κ2) is 6.89. The molecule has 0 heterocycles. The third-order valence-corrected chi connectivity index (χ3v) is 5.21. The fourth-order valence-electron chi connectivity index (χ4n) is 3.96. The van der Waals surface area contributed by atoms with Gasteiger partial charge in [0.15, 0.2) is 0 Å². The first-order valence-electron chi connectivity index (χ1n) is 8.21. The summed E-state index contributed by atoms with van der Waals surface area (Å²) in [7, 11) is 0. The van der Waals surface area contributed by atoms with Crippen LogP contribution < -0.4 is 0 Å². The van der Waals surface area contributed by atoms with Gasteiger partial charge >= 0.3 is 0 Å². The average Bonchev–Trinajstić information content (AvgIpc) is 2.95. The minimum atomic E-state index is -0.430. The lowest BCUT2D eigenvalue weighted by molar-refractivity contribution is -0.0245. The van der Waals surface area contributed by atoms with Crippen LogP contribution in [0.2, 0.25) is 0 Å². The highest BCUT2D eigenvalue weighted by atomic mass is 19.1. The number of hydrogen-bond donors (Lipinski definition) is 1. The largest absolute Gasteiger partial charge is 0.391 e. The molecule has 1 saturated carbocycles. The number of aliphatic hydroxyl groups is 1. The lowest BCUT2D eigenvalue weighted by Crippen LogP contribution is -2.55. The molecule has 0 aliphatic heterocycles. The average molecular weight is 293 g/mol. The first-order chi connectivity index (χ1) is 10.0. The van der Waals surface area contributed by atoms with Crippen molar-refractivity contribution in [2.24, 2.45) is 0 Å². The summed E-state index contributed by atoms with van der Waals surface area (Å²) in [5.41, 5.74) is 1.87. The molecule has 118 valence electrons. The van der Waals surface area contributed by atoms with Gasteiger partial charge in [0.2, 0.25) is 0 Å². The molecule has 1 fully saturated rings. The molecule has 1 aromatic rings. The van der Waals surface area contributed by atoms with Crippen molar-refractivity contribution >= 4 is 0 Å². The number of hydrogen-bond acceptors (Lipinski definition) is 2. The molecule has 0 spiro atoms. The molecular weight excluding hydrogens is 265 g/mol. The summed E-state index contributed by atoms with van der Waals surface area (Å²) in [6, 6.07) is 4.86. The molecule has 3 heteroatoms. The molecule has 0 radical (unpaired) electrons. The van der Waals surface area contributed by atoms with Gasteiger partial charge in [-0.1, -0.05) is 32.8 Å². The summed E-state index contributed by atoms with van der Waals surface area (Å²) in [4.78, 5) is 2.40. The van der Waals surface area contributed by atoms with Gasteiger partial charge in [-0.3, -0.25) is 4.90 Å². The third kappa shape index (κ3) is 3.29. The van der Waals surface area contributed by atoms with Crippen molar-refractivity contribution in [2.45, 2.75) is 64.5 Å². The van der Waals surface area contributed by atoms with Gasteiger partial charge in [0.05, 0.1) is 6.10 Å². The van der Waals surface area contributed by atoms with Gasteiger partial charge in [-0.05, 0) is 56.1 Å². The second-order valence-corrected chi connectivity index (χ2v) is 6.27. The van der Waals surface area contributed by atoms with Crippen LogP contribution in [0.4, 0.5) is 4.39 Å². The lowest BCUT2D eigenvalue weighted by Gasteiger charge is -2.44. The van der Waals surface area contributed by atoms with Crippen LogP contribution in [0.25, 0.3) is 0 Å². The zero-order valence-electron chi connectivity index (χ0n) is 13.5. The maximum absolute atomic E-state index is 13.5. The number of aryl methyl sites for hydroxylation is 1. The van der Waals surface area contributed by atoms with E-state index in [0.717, 1.165) is 37.1 Å². The standard InChI is InChI=1S/C18H28FNO/c1-4-20(5-2)18(10-6-7-11-18)17(21)13-15-12-16(19)9-8-14(15)3/h8-9,12,17,21H,4-7,10-11,13H2,1-3H3. The van der Waals surface area contributed by atoms with Gasteiger partial charge in [0.1, 0.15) is 5.82 Å². The van der Waals surface area contributed by atoms with E-state index in [1.165, 1.54) is 18.9 Å². The van der Waals surface area contributed by atoms with Crippen LogP contribution in [0.15, 0.2) is 18.2 Å². The lowest BCUT2D eigenvalue weighted by atomic mass is 9.84. The van der Waals surface area contributed by atoms with Gasteiger partial charge in [-0.15, -0.1) is 0 Å². The molecule has 1 unspecified atom stereocenters. The fourth-order valence-corrected chi connectivity index (χ4v) is 3.96. The maximum atomic E-state index is 13.5. The van der Waals surface area contributed by atoms with E-state index in [1.807, 2.05) is 6.92 Å². The summed E-state index contributed by atoms with van der Waals surface area (Å²) in [6.45, 7) is 8.21. The number of aliphatic hydroxyl groups excluding tert-OH is 1. The van der Waals surface area contributed by atoms with Crippen LogP contribution in [0.5, 0.6) is 0 Å². The number of benzene rings is 1. The van der Waals surface area contributed by atoms with Crippen molar-refractivity contribution in [1.29, 1.82) is 0 Å². The van der Waals surface area contributed by atoms with Crippen molar-refractivity contribution < 1.29 is 9.50 Å². The summed E-state index contributed by atoms with van der Waals surface area (Å²) >= 11 is 0. The highest BCUT2D eigenvalue weighted by Gasteiger charge is 2.44. The fraction of sp³-hybridized carbons (Fsp3) is 0.667. The Balaban J connectivity index is 2.23. The van der Waals surface area contributed by atoms with Gasteiger partial charge in [0.25, 0.3) is 0 Å². The molecule has 1 atom stereocenters. The first kappa shape index (κ1) is 16.4. The Morgan fingerprint density at radius 2 is 1.86 bits per heavy atom. The first-order valence-corrected chi connectivity index (χ1v) is 8.21. The minimum Gasteiger partial charge on any atom is -0.391 e. The molecule has 0 aromatic heterocycles. The molecule has 1 N–H and O–H groups in total. The molecule has 2 rings (SSSR count). The van der Waals surface area contributed by atoms with E-state index >= 15 is 0 Å². The molecule has 2 nitrogen and oxygen atoms in total. The minimum absolute atomic E-state index is 0.123. The number of halogens is 1. The maximum Gasteiger partial charge on any atom is 0.123 e. The Kier molecular flexibility index (Phi) is 5.39. The van der Waals surface area contributed by atoms with Crippen molar-refractivity contribution in [3.8, 4) is 0 Å². The van der Waals surface area contributed by atoms with E-state index in [1.54, 1.807) is 12.1 Å². The molecule has 1 aromatic carbocycles. The van der Waals surface area contributed by atoms with Crippen molar-refractivity contribution in [1.82, 2.24) is 4.90 Å². The van der Waals surface area contributed by atoms with E-state index < -0.39 is 6.10 Å². The van der Waals surface area contributed by atoms with E-state index in [4.69, 9.17) is 0 Å². The molecule has 0 amide bonds. The molecule has 1 aliphatic carbocycles. The van der Waals surface area contributed by atoms with Crippen LogP contribution in [-0.4, -0.2) is 34.7 Å². The van der Waals surface area contributed by atoms with Gasteiger partial charge in [-0.2, -0.15) is 0 Å². The highest BCUT2D eigenvalue weighted by molar-refractivity contribution is 5.28. The topological polar surface area (TPSA) is 23.5 Å². The van der Waals surface area contributed by atoms with E-state index in [0.29, 0.717) is 6.42 Å². The monoisotopic (exact) mass is 293 g/mol. The third-order valence-electron chi connectivity index (χ3n) is 5.21.